The van der Waals surface area contributed by atoms with Gasteiger partial charge in [-0.05, 0) is 61.3 Å². The maximum atomic E-state index is 12.8. The number of rotatable bonds is 6. The molecule has 2 N–H and O–H groups in total. The molecule has 0 spiro atoms. The molecule has 0 aromatic heterocycles. The van der Waals surface area contributed by atoms with Crippen LogP contribution in [0.25, 0.3) is 0 Å². The van der Waals surface area contributed by atoms with Crippen LogP contribution in [0, 0.1) is 12.7 Å². The lowest BCUT2D eigenvalue weighted by molar-refractivity contribution is -0.115. The molecule has 0 atom stereocenters. The Labute approximate surface area is 134 Å². The molecule has 22 heavy (non-hydrogen) atoms. The van der Waals surface area contributed by atoms with E-state index in [1.165, 1.54) is 12.1 Å². The van der Waals surface area contributed by atoms with Gasteiger partial charge in [0.2, 0.25) is 5.91 Å². The summed E-state index contributed by atoms with van der Waals surface area (Å²) in [6.45, 7) is 2.77. The number of aryl methyl sites for hydroxylation is 1. The summed E-state index contributed by atoms with van der Waals surface area (Å²) < 4.78 is 12.8. The van der Waals surface area contributed by atoms with Crippen LogP contribution in [0.5, 0.6) is 0 Å². The molecule has 0 fully saturated rings. The lowest BCUT2D eigenvalue weighted by Gasteiger charge is -2.09. The fraction of sp³-hybridized carbons (Fsp3) is 0.235. The number of benzene rings is 2. The second kappa shape index (κ2) is 7.92. The summed E-state index contributed by atoms with van der Waals surface area (Å²) in [6, 6.07) is 11.7. The smallest absolute Gasteiger partial charge is 0.238 e. The van der Waals surface area contributed by atoms with Crippen LogP contribution in [0.2, 0.25) is 5.02 Å². The molecule has 2 aromatic rings. The van der Waals surface area contributed by atoms with Crippen molar-refractivity contribution in [2.75, 3.05) is 18.4 Å². The van der Waals surface area contributed by atoms with Crippen molar-refractivity contribution >= 4 is 23.2 Å². The van der Waals surface area contributed by atoms with Crippen molar-refractivity contribution in [1.82, 2.24) is 5.32 Å². The molecule has 3 nitrogen and oxygen atoms in total. The van der Waals surface area contributed by atoms with Crippen LogP contribution >= 0.6 is 11.6 Å². The minimum Gasteiger partial charge on any atom is -0.325 e. The van der Waals surface area contributed by atoms with Crippen LogP contribution < -0.4 is 10.6 Å². The molecule has 0 bridgehead atoms. The zero-order valence-corrected chi connectivity index (χ0v) is 13.1. The van der Waals surface area contributed by atoms with Crippen molar-refractivity contribution < 1.29 is 9.18 Å². The lowest BCUT2D eigenvalue weighted by atomic mass is 10.1. The van der Waals surface area contributed by atoms with E-state index in [2.05, 4.69) is 10.6 Å². The third-order valence-electron chi connectivity index (χ3n) is 3.25. The van der Waals surface area contributed by atoms with Crippen LogP contribution in [-0.2, 0) is 11.2 Å². The molecular formula is C17H18ClFN2O. The van der Waals surface area contributed by atoms with Crippen molar-refractivity contribution in [1.29, 1.82) is 0 Å². The predicted molar refractivity (Wildman–Crippen MR) is 87.8 cm³/mol. The molecular weight excluding hydrogens is 303 g/mol. The third-order valence-corrected chi connectivity index (χ3v) is 3.49. The Morgan fingerprint density at radius 2 is 1.91 bits per heavy atom. The van der Waals surface area contributed by atoms with Crippen molar-refractivity contribution in [3.63, 3.8) is 0 Å². The summed E-state index contributed by atoms with van der Waals surface area (Å²) >= 11 is 5.88. The lowest BCUT2D eigenvalue weighted by Crippen LogP contribution is -2.29. The van der Waals surface area contributed by atoms with Crippen LogP contribution in [0.15, 0.2) is 42.5 Å². The molecule has 0 saturated heterocycles. The molecule has 116 valence electrons. The molecule has 2 aromatic carbocycles. The highest BCUT2D eigenvalue weighted by Gasteiger charge is 2.04. The number of carbonyl (C=O) groups is 1. The number of anilines is 1. The molecule has 0 saturated carbocycles. The Bertz CT molecular complexity index is 644. The zero-order valence-electron chi connectivity index (χ0n) is 12.3. The Hall–Kier alpha value is -1.91. The van der Waals surface area contributed by atoms with Crippen molar-refractivity contribution in [3.05, 3.63) is 64.4 Å². The number of nitrogens with one attached hydrogen (secondary N) is 2. The van der Waals surface area contributed by atoms with Crippen LogP contribution in [-0.4, -0.2) is 19.0 Å². The molecule has 0 heterocycles. The summed E-state index contributed by atoms with van der Waals surface area (Å²) in [5.41, 5.74) is 2.71. The molecule has 0 unspecified atom stereocenters. The quantitative estimate of drug-likeness (QED) is 0.799. The third kappa shape index (κ3) is 5.13. The highest BCUT2D eigenvalue weighted by Crippen LogP contribution is 2.19. The van der Waals surface area contributed by atoms with Crippen molar-refractivity contribution in [2.24, 2.45) is 0 Å². The van der Waals surface area contributed by atoms with Gasteiger partial charge in [0, 0.05) is 10.7 Å². The zero-order chi connectivity index (χ0) is 15.9. The topological polar surface area (TPSA) is 41.1 Å². The van der Waals surface area contributed by atoms with E-state index in [9.17, 15) is 9.18 Å². The Morgan fingerprint density at radius 1 is 1.18 bits per heavy atom. The fourth-order valence-electron chi connectivity index (χ4n) is 2.05. The first-order valence-electron chi connectivity index (χ1n) is 7.06. The van der Waals surface area contributed by atoms with Gasteiger partial charge in [0.15, 0.2) is 0 Å². The highest BCUT2D eigenvalue weighted by atomic mass is 35.5. The predicted octanol–water partition coefficient (Wildman–Crippen LogP) is 3.56. The number of amides is 1. The Kier molecular flexibility index (Phi) is 5.92. The van der Waals surface area contributed by atoms with E-state index in [1.807, 2.05) is 6.92 Å². The maximum absolute atomic E-state index is 12.8. The SMILES string of the molecule is Cc1cc(Cl)ccc1NC(=O)CNCCc1ccc(F)cc1. The second-order valence-electron chi connectivity index (χ2n) is 5.06. The maximum Gasteiger partial charge on any atom is 0.238 e. The molecule has 0 aliphatic heterocycles. The number of hydrogen-bond acceptors (Lipinski definition) is 2. The fourth-order valence-corrected chi connectivity index (χ4v) is 2.27. The molecule has 0 aliphatic carbocycles. The van der Waals surface area contributed by atoms with Gasteiger partial charge in [-0.3, -0.25) is 4.79 Å². The van der Waals surface area contributed by atoms with E-state index in [1.54, 1.807) is 30.3 Å². The van der Waals surface area contributed by atoms with Crippen molar-refractivity contribution in [3.8, 4) is 0 Å². The summed E-state index contributed by atoms with van der Waals surface area (Å²) in [5, 5.41) is 6.55. The van der Waals surface area contributed by atoms with Crippen molar-refractivity contribution in [2.45, 2.75) is 13.3 Å². The summed E-state index contributed by atoms with van der Waals surface area (Å²) in [7, 11) is 0. The molecule has 0 aliphatic rings. The van der Waals surface area contributed by atoms with Gasteiger partial charge in [-0.2, -0.15) is 0 Å². The summed E-state index contributed by atoms with van der Waals surface area (Å²) in [4.78, 5) is 11.8. The molecule has 5 heteroatoms. The monoisotopic (exact) mass is 320 g/mol. The highest BCUT2D eigenvalue weighted by molar-refractivity contribution is 6.30. The number of carbonyl (C=O) groups excluding carboxylic acids is 1. The normalized spacial score (nSPS) is 10.5. The standard InChI is InChI=1S/C17H18ClFN2O/c1-12-10-14(18)4-7-16(12)21-17(22)11-20-9-8-13-2-5-15(19)6-3-13/h2-7,10,20H,8-9,11H2,1H3,(H,21,22). The van der Waals surface area contributed by atoms with Gasteiger partial charge in [0.1, 0.15) is 5.82 Å². The van der Waals surface area contributed by atoms with E-state index >= 15 is 0 Å². The molecule has 2 rings (SSSR count). The van der Waals surface area contributed by atoms with Gasteiger partial charge < -0.3 is 10.6 Å². The van der Waals surface area contributed by atoms with Gasteiger partial charge in [0.05, 0.1) is 6.54 Å². The number of hydrogen-bond donors (Lipinski definition) is 2. The largest absolute Gasteiger partial charge is 0.325 e. The van der Waals surface area contributed by atoms with E-state index in [4.69, 9.17) is 11.6 Å². The first-order chi connectivity index (χ1) is 10.5. The second-order valence-corrected chi connectivity index (χ2v) is 5.50. The Morgan fingerprint density at radius 3 is 2.59 bits per heavy atom. The van der Waals surface area contributed by atoms with Gasteiger partial charge in [-0.1, -0.05) is 23.7 Å². The Balaban J connectivity index is 1.72. The van der Waals surface area contributed by atoms with E-state index in [0.29, 0.717) is 11.6 Å². The van der Waals surface area contributed by atoms with E-state index < -0.39 is 0 Å². The average Bonchev–Trinajstić information content (AvgIpc) is 2.48. The van der Waals surface area contributed by atoms with Gasteiger partial charge >= 0.3 is 0 Å². The van der Waals surface area contributed by atoms with Gasteiger partial charge in [-0.15, -0.1) is 0 Å². The minimum absolute atomic E-state index is 0.107. The summed E-state index contributed by atoms with van der Waals surface area (Å²) in [6.07, 6.45) is 0.744. The van der Waals surface area contributed by atoms with Gasteiger partial charge in [0.25, 0.3) is 0 Å². The average molecular weight is 321 g/mol. The summed E-state index contributed by atoms with van der Waals surface area (Å²) in [5.74, 6) is -0.348. The van der Waals surface area contributed by atoms with E-state index in [-0.39, 0.29) is 18.3 Å². The van der Waals surface area contributed by atoms with Crippen LogP contribution in [0.1, 0.15) is 11.1 Å². The van der Waals surface area contributed by atoms with Crippen LogP contribution in [0.4, 0.5) is 10.1 Å². The van der Waals surface area contributed by atoms with Gasteiger partial charge in [-0.25, -0.2) is 4.39 Å². The van der Waals surface area contributed by atoms with Crippen LogP contribution in [0.3, 0.4) is 0 Å². The first kappa shape index (κ1) is 16.5. The molecule has 1 amide bonds. The first-order valence-corrected chi connectivity index (χ1v) is 7.43. The molecule has 0 radical (unpaired) electrons. The number of halogens is 2. The minimum atomic E-state index is -0.241. The van der Waals surface area contributed by atoms with E-state index in [0.717, 1.165) is 23.2 Å².